The van der Waals surface area contributed by atoms with Gasteiger partial charge < -0.3 is 9.53 Å². The zero-order valence-electron chi connectivity index (χ0n) is 20.4. The topological polar surface area (TPSA) is 46.5 Å². The van der Waals surface area contributed by atoms with Gasteiger partial charge in [-0.2, -0.15) is 0 Å². The molecule has 1 N–H and O–H groups in total. The second kappa shape index (κ2) is 7.20. The van der Waals surface area contributed by atoms with E-state index in [1.54, 1.807) is 5.57 Å². The van der Waals surface area contributed by atoms with E-state index in [0.717, 1.165) is 38.0 Å². The molecule has 0 aliphatic heterocycles. The molecule has 0 bridgehead atoms. The molecule has 30 heavy (non-hydrogen) atoms. The van der Waals surface area contributed by atoms with E-state index in [9.17, 15) is 9.90 Å². The van der Waals surface area contributed by atoms with Crippen LogP contribution in [0.4, 0.5) is 0 Å². The lowest BCUT2D eigenvalue weighted by molar-refractivity contribution is -0.148. The molecule has 0 amide bonds. The molecule has 7 atom stereocenters. The Morgan fingerprint density at radius 2 is 1.80 bits per heavy atom. The number of carboxylic acids is 1. The van der Waals surface area contributed by atoms with E-state index in [0.29, 0.717) is 23.4 Å². The van der Waals surface area contributed by atoms with Gasteiger partial charge in [-0.3, -0.25) is 4.79 Å². The molecule has 0 spiro atoms. The lowest BCUT2D eigenvalue weighted by atomic mass is 9.47. The molecular formula is C26H44O3Si. The first-order chi connectivity index (χ1) is 13.8. The molecule has 3 nitrogen and oxygen atoms in total. The summed E-state index contributed by atoms with van der Waals surface area (Å²) in [6.07, 6.45) is 12.0. The molecule has 170 valence electrons. The molecule has 4 heteroatoms. The number of allylic oxidation sites excluding steroid dienone is 1. The summed E-state index contributed by atoms with van der Waals surface area (Å²) in [5.74, 6) is 1.32. The lowest BCUT2D eigenvalue weighted by Gasteiger charge is -2.58. The van der Waals surface area contributed by atoms with Crippen LogP contribution in [-0.4, -0.2) is 25.5 Å². The van der Waals surface area contributed by atoms with Gasteiger partial charge in [0.15, 0.2) is 8.32 Å². The highest BCUT2D eigenvalue weighted by molar-refractivity contribution is 6.74. The standard InChI is InChI=1S/C26H44O3Si/c1-24(2,3)30(6,7)29-18-12-14-25(4)17(16-18)8-9-19-20-10-11-22(23(27)28)26(20,5)15-13-21(19)25/h8,18-22H,9-16H2,1-7H3,(H,27,28)/t18-,19-,20-,21-,22+,25-,26-/m0/s1. The van der Waals surface area contributed by atoms with Gasteiger partial charge >= 0.3 is 5.97 Å². The lowest BCUT2D eigenvalue weighted by Crippen LogP contribution is -2.52. The van der Waals surface area contributed by atoms with Crippen molar-refractivity contribution in [3.63, 3.8) is 0 Å². The largest absolute Gasteiger partial charge is 0.481 e. The first-order valence-corrected chi connectivity index (χ1v) is 15.3. The number of hydrogen-bond donors (Lipinski definition) is 1. The Hall–Kier alpha value is -0.613. The summed E-state index contributed by atoms with van der Waals surface area (Å²) < 4.78 is 6.83. The first kappa shape index (κ1) is 22.6. The number of rotatable bonds is 3. The van der Waals surface area contributed by atoms with Crippen LogP contribution in [-0.2, 0) is 9.22 Å². The van der Waals surface area contributed by atoms with Crippen LogP contribution in [0.15, 0.2) is 11.6 Å². The van der Waals surface area contributed by atoms with E-state index in [2.05, 4.69) is 53.8 Å². The third-order valence-electron chi connectivity index (χ3n) is 10.6. The third kappa shape index (κ3) is 3.36. The smallest absolute Gasteiger partial charge is 0.307 e. The molecule has 0 radical (unpaired) electrons. The summed E-state index contributed by atoms with van der Waals surface area (Å²) in [7, 11) is -1.74. The summed E-state index contributed by atoms with van der Waals surface area (Å²) in [5.41, 5.74) is 1.98. The third-order valence-corrected chi connectivity index (χ3v) is 15.2. The van der Waals surface area contributed by atoms with Crippen molar-refractivity contribution < 1.29 is 14.3 Å². The average molecular weight is 433 g/mol. The predicted molar refractivity (Wildman–Crippen MR) is 125 cm³/mol. The fourth-order valence-electron chi connectivity index (χ4n) is 7.73. The fourth-order valence-corrected chi connectivity index (χ4v) is 9.12. The van der Waals surface area contributed by atoms with Crippen LogP contribution < -0.4 is 0 Å². The predicted octanol–water partition coefficient (Wildman–Crippen LogP) is 7.04. The Morgan fingerprint density at radius 1 is 1.10 bits per heavy atom. The highest BCUT2D eigenvalue weighted by atomic mass is 28.4. The summed E-state index contributed by atoms with van der Waals surface area (Å²) in [4.78, 5) is 11.9. The van der Waals surface area contributed by atoms with Crippen molar-refractivity contribution in [3.8, 4) is 0 Å². The maximum absolute atomic E-state index is 11.9. The van der Waals surface area contributed by atoms with Crippen LogP contribution in [0, 0.1) is 34.5 Å². The average Bonchev–Trinajstić information content (AvgIpc) is 2.98. The number of fused-ring (bicyclic) bond motifs is 5. The zero-order valence-corrected chi connectivity index (χ0v) is 21.4. The number of carbonyl (C=O) groups is 1. The number of aliphatic carboxylic acids is 1. The van der Waals surface area contributed by atoms with E-state index in [1.807, 2.05) is 0 Å². The van der Waals surface area contributed by atoms with Gasteiger partial charge in [-0.25, -0.2) is 0 Å². The van der Waals surface area contributed by atoms with E-state index in [-0.39, 0.29) is 16.4 Å². The molecule has 0 saturated heterocycles. The minimum Gasteiger partial charge on any atom is -0.481 e. The second-order valence-corrected chi connectivity index (χ2v) is 17.8. The van der Waals surface area contributed by atoms with Crippen LogP contribution in [0.2, 0.25) is 18.1 Å². The zero-order chi connectivity index (χ0) is 22.1. The van der Waals surface area contributed by atoms with Crippen molar-refractivity contribution >= 4 is 14.3 Å². The van der Waals surface area contributed by atoms with Gasteiger partial charge in [0.2, 0.25) is 0 Å². The van der Waals surface area contributed by atoms with E-state index in [4.69, 9.17) is 4.43 Å². The monoisotopic (exact) mass is 432 g/mol. The van der Waals surface area contributed by atoms with Crippen molar-refractivity contribution in [1.29, 1.82) is 0 Å². The van der Waals surface area contributed by atoms with Gasteiger partial charge in [-0.1, -0.05) is 46.3 Å². The quantitative estimate of drug-likeness (QED) is 0.384. The normalized spacial score (nSPS) is 44.0. The molecule has 0 aromatic carbocycles. The SMILES string of the molecule is CC(C)(C)[Si](C)(C)O[C@H]1CC[C@@]2(C)C(=CC[C@H]3[C@@H]4CC[C@H](C(=O)O)[C@@]4(C)CC[C@@H]32)C1. The Labute approximate surface area is 185 Å². The van der Waals surface area contributed by atoms with Crippen molar-refractivity contribution in [1.82, 2.24) is 0 Å². The molecule has 0 aromatic rings. The molecule has 4 rings (SSSR count). The van der Waals surface area contributed by atoms with Gasteiger partial charge in [0.25, 0.3) is 0 Å². The van der Waals surface area contributed by atoms with Crippen LogP contribution in [0.1, 0.15) is 86.0 Å². The van der Waals surface area contributed by atoms with Gasteiger partial charge in [0, 0.05) is 6.10 Å². The van der Waals surface area contributed by atoms with Crippen molar-refractivity contribution in [2.75, 3.05) is 0 Å². The van der Waals surface area contributed by atoms with Crippen LogP contribution in [0.3, 0.4) is 0 Å². The van der Waals surface area contributed by atoms with Crippen molar-refractivity contribution in [2.24, 2.45) is 34.5 Å². The molecule has 4 aliphatic carbocycles. The molecular weight excluding hydrogens is 388 g/mol. The number of hydrogen-bond acceptors (Lipinski definition) is 2. The Balaban J connectivity index is 1.53. The maximum Gasteiger partial charge on any atom is 0.307 e. The maximum atomic E-state index is 11.9. The molecule has 4 aliphatic rings. The molecule has 0 aromatic heterocycles. The van der Waals surface area contributed by atoms with E-state index < -0.39 is 14.3 Å². The summed E-state index contributed by atoms with van der Waals surface area (Å²) in [6, 6.07) is 0. The number of carboxylic acid groups (broad SMARTS) is 1. The fraction of sp³-hybridized carbons (Fsp3) is 0.885. The molecule has 0 heterocycles. The Morgan fingerprint density at radius 3 is 2.43 bits per heavy atom. The first-order valence-electron chi connectivity index (χ1n) is 12.4. The van der Waals surface area contributed by atoms with Gasteiger partial charge in [-0.05, 0) is 98.1 Å². The van der Waals surface area contributed by atoms with Gasteiger partial charge in [-0.15, -0.1) is 0 Å². The minimum absolute atomic E-state index is 0.0113. The summed E-state index contributed by atoms with van der Waals surface area (Å²) in [6.45, 7) is 16.6. The second-order valence-electron chi connectivity index (χ2n) is 13.0. The van der Waals surface area contributed by atoms with Crippen molar-refractivity contribution in [2.45, 2.75) is 110 Å². The summed E-state index contributed by atoms with van der Waals surface area (Å²) >= 11 is 0. The van der Waals surface area contributed by atoms with E-state index in [1.165, 1.54) is 19.3 Å². The summed E-state index contributed by atoms with van der Waals surface area (Å²) in [5, 5.41) is 10.1. The van der Waals surface area contributed by atoms with Crippen LogP contribution >= 0.6 is 0 Å². The van der Waals surface area contributed by atoms with Gasteiger partial charge in [0.05, 0.1) is 5.92 Å². The highest BCUT2D eigenvalue weighted by Crippen LogP contribution is 2.66. The molecule has 0 unspecified atom stereocenters. The van der Waals surface area contributed by atoms with Crippen LogP contribution in [0.5, 0.6) is 0 Å². The molecule has 3 saturated carbocycles. The van der Waals surface area contributed by atoms with E-state index >= 15 is 0 Å². The van der Waals surface area contributed by atoms with Gasteiger partial charge in [0.1, 0.15) is 0 Å². The minimum atomic E-state index is -1.74. The Bertz CT molecular complexity index is 735. The van der Waals surface area contributed by atoms with Crippen molar-refractivity contribution in [3.05, 3.63) is 11.6 Å². The highest BCUT2D eigenvalue weighted by Gasteiger charge is 2.60. The van der Waals surface area contributed by atoms with Crippen LogP contribution in [0.25, 0.3) is 0 Å². The molecule has 3 fully saturated rings. The Kier molecular flexibility index (Phi) is 5.42.